The van der Waals surface area contributed by atoms with Gasteiger partial charge in [-0.05, 0) is 42.3 Å². The minimum absolute atomic E-state index is 0.0434. The number of Topliss-reactive ketones (excluding diaryl/α,β-unsaturated/α-hetero) is 1. The fraction of sp³-hybridized carbons (Fsp3) is 0.222. The van der Waals surface area contributed by atoms with Gasteiger partial charge in [0.05, 0.1) is 5.56 Å². The molecule has 1 aliphatic rings. The smallest absolute Gasteiger partial charge is 0.336 e. The third kappa shape index (κ3) is 3.14. The number of nitrogens with one attached hydrogen (secondary N) is 1. The topological polar surface area (TPSA) is 66.4 Å². The van der Waals surface area contributed by atoms with Gasteiger partial charge in [0.1, 0.15) is 0 Å². The molecule has 1 unspecified atom stereocenters. The van der Waals surface area contributed by atoms with E-state index in [0.717, 1.165) is 13.0 Å². The van der Waals surface area contributed by atoms with E-state index < -0.39 is 5.97 Å². The van der Waals surface area contributed by atoms with Crippen LogP contribution in [-0.2, 0) is 0 Å². The molecule has 1 fully saturated rings. The molecule has 5 heteroatoms. The van der Waals surface area contributed by atoms with Gasteiger partial charge in [-0.2, -0.15) is 0 Å². The predicted molar refractivity (Wildman–Crippen MR) is 89.2 cm³/mol. The molecule has 4 nitrogen and oxygen atoms in total. The van der Waals surface area contributed by atoms with Crippen LogP contribution in [0.3, 0.4) is 0 Å². The SMILES string of the molecule is O=C(O)c1ccc(Cl)cc1-c1ccccc1C(=O)C1CCNC1. The molecular weight excluding hydrogens is 314 g/mol. The first kappa shape index (κ1) is 15.7. The van der Waals surface area contributed by atoms with Crippen LogP contribution in [0.2, 0.25) is 5.02 Å². The summed E-state index contributed by atoms with van der Waals surface area (Å²) < 4.78 is 0. The molecule has 2 N–H and O–H groups in total. The van der Waals surface area contributed by atoms with Gasteiger partial charge in [-0.1, -0.05) is 35.9 Å². The van der Waals surface area contributed by atoms with Crippen molar-refractivity contribution in [3.8, 4) is 11.1 Å². The van der Waals surface area contributed by atoms with E-state index in [4.69, 9.17) is 11.6 Å². The van der Waals surface area contributed by atoms with Crippen LogP contribution in [0.4, 0.5) is 0 Å². The molecule has 1 atom stereocenters. The fourth-order valence-electron chi connectivity index (χ4n) is 2.96. The normalized spacial score (nSPS) is 17.2. The van der Waals surface area contributed by atoms with Crippen molar-refractivity contribution in [3.63, 3.8) is 0 Å². The molecule has 0 aliphatic carbocycles. The van der Waals surface area contributed by atoms with Crippen LogP contribution in [0.15, 0.2) is 42.5 Å². The fourth-order valence-corrected chi connectivity index (χ4v) is 3.13. The third-order valence-electron chi connectivity index (χ3n) is 4.13. The van der Waals surface area contributed by atoms with Crippen molar-refractivity contribution in [2.45, 2.75) is 6.42 Å². The quantitative estimate of drug-likeness (QED) is 0.843. The van der Waals surface area contributed by atoms with Gasteiger partial charge in [0.25, 0.3) is 0 Å². The number of aromatic carboxylic acids is 1. The summed E-state index contributed by atoms with van der Waals surface area (Å²) in [5.41, 5.74) is 1.77. The van der Waals surface area contributed by atoms with Crippen LogP contribution < -0.4 is 5.32 Å². The van der Waals surface area contributed by atoms with Crippen LogP contribution >= 0.6 is 11.6 Å². The molecule has 1 aliphatic heterocycles. The number of hydrogen-bond acceptors (Lipinski definition) is 3. The van der Waals surface area contributed by atoms with E-state index in [-0.39, 0.29) is 17.3 Å². The summed E-state index contributed by atoms with van der Waals surface area (Å²) in [5.74, 6) is -1.06. The maximum Gasteiger partial charge on any atom is 0.336 e. The number of benzene rings is 2. The van der Waals surface area contributed by atoms with E-state index >= 15 is 0 Å². The van der Waals surface area contributed by atoms with Crippen molar-refractivity contribution in [1.29, 1.82) is 0 Å². The van der Waals surface area contributed by atoms with Crippen molar-refractivity contribution in [3.05, 3.63) is 58.6 Å². The first-order valence-corrected chi connectivity index (χ1v) is 7.83. The monoisotopic (exact) mass is 329 g/mol. The van der Waals surface area contributed by atoms with Gasteiger partial charge in [0.2, 0.25) is 0 Å². The second kappa shape index (κ2) is 6.52. The number of rotatable bonds is 4. The zero-order chi connectivity index (χ0) is 16.4. The minimum Gasteiger partial charge on any atom is -0.478 e. The van der Waals surface area contributed by atoms with Gasteiger partial charge < -0.3 is 10.4 Å². The first-order chi connectivity index (χ1) is 11.1. The molecule has 3 rings (SSSR count). The van der Waals surface area contributed by atoms with E-state index in [1.54, 1.807) is 36.4 Å². The Morgan fingerprint density at radius 2 is 1.87 bits per heavy atom. The Labute approximate surface area is 139 Å². The average molecular weight is 330 g/mol. The molecule has 2 aromatic carbocycles. The zero-order valence-corrected chi connectivity index (χ0v) is 13.1. The van der Waals surface area contributed by atoms with Crippen molar-refractivity contribution < 1.29 is 14.7 Å². The summed E-state index contributed by atoms with van der Waals surface area (Å²) in [6, 6.07) is 11.7. The van der Waals surface area contributed by atoms with Gasteiger partial charge in [-0.3, -0.25) is 4.79 Å². The zero-order valence-electron chi connectivity index (χ0n) is 12.4. The van der Waals surface area contributed by atoms with Gasteiger partial charge in [0.15, 0.2) is 5.78 Å². The standard InChI is InChI=1S/C18H16ClNO3/c19-12-5-6-15(18(22)23)16(9-12)13-3-1-2-4-14(13)17(21)11-7-8-20-10-11/h1-6,9,11,20H,7-8,10H2,(H,22,23). The number of carboxylic acids is 1. The second-order valence-corrected chi connectivity index (χ2v) is 6.03. The molecule has 2 aromatic rings. The molecule has 0 amide bonds. The van der Waals surface area contributed by atoms with E-state index in [1.165, 1.54) is 6.07 Å². The molecule has 0 bridgehead atoms. The van der Waals surface area contributed by atoms with Gasteiger partial charge in [-0.25, -0.2) is 4.79 Å². The highest BCUT2D eigenvalue weighted by Gasteiger charge is 2.26. The van der Waals surface area contributed by atoms with E-state index in [0.29, 0.717) is 28.3 Å². The highest BCUT2D eigenvalue weighted by molar-refractivity contribution is 6.31. The maximum atomic E-state index is 12.8. The highest BCUT2D eigenvalue weighted by atomic mass is 35.5. The Kier molecular flexibility index (Phi) is 4.46. The third-order valence-corrected chi connectivity index (χ3v) is 4.36. The lowest BCUT2D eigenvalue weighted by Crippen LogP contribution is -2.18. The minimum atomic E-state index is -1.04. The summed E-state index contributed by atoms with van der Waals surface area (Å²) in [6.45, 7) is 1.49. The number of carbonyl (C=O) groups excluding carboxylic acids is 1. The molecule has 23 heavy (non-hydrogen) atoms. The van der Waals surface area contributed by atoms with E-state index in [2.05, 4.69) is 5.32 Å². The van der Waals surface area contributed by atoms with Crippen LogP contribution in [0.1, 0.15) is 27.1 Å². The highest BCUT2D eigenvalue weighted by Crippen LogP contribution is 2.31. The lowest BCUT2D eigenvalue weighted by atomic mass is 9.89. The maximum absolute atomic E-state index is 12.8. The first-order valence-electron chi connectivity index (χ1n) is 7.45. The number of hydrogen-bond donors (Lipinski definition) is 2. The number of halogens is 1. The lowest BCUT2D eigenvalue weighted by molar-refractivity contribution is 0.0697. The predicted octanol–water partition coefficient (Wildman–Crippen LogP) is 3.50. The molecule has 0 saturated carbocycles. The van der Waals surface area contributed by atoms with E-state index in [9.17, 15) is 14.7 Å². The van der Waals surface area contributed by atoms with Crippen LogP contribution in [0.5, 0.6) is 0 Å². The van der Waals surface area contributed by atoms with Gasteiger partial charge >= 0.3 is 5.97 Å². The van der Waals surface area contributed by atoms with Crippen molar-refractivity contribution in [2.75, 3.05) is 13.1 Å². The van der Waals surface area contributed by atoms with Gasteiger partial charge in [-0.15, -0.1) is 0 Å². The van der Waals surface area contributed by atoms with Crippen molar-refractivity contribution in [1.82, 2.24) is 5.32 Å². The molecular formula is C18H16ClNO3. The van der Waals surface area contributed by atoms with Gasteiger partial charge in [0, 0.05) is 23.0 Å². The number of carboxylic acid groups (broad SMARTS) is 1. The Morgan fingerprint density at radius 1 is 1.09 bits per heavy atom. The van der Waals surface area contributed by atoms with Crippen molar-refractivity contribution in [2.24, 2.45) is 5.92 Å². The molecule has 1 heterocycles. The summed E-state index contributed by atoms with van der Waals surface area (Å²) >= 11 is 6.04. The summed E-state index contributed by atoms with van der Waals surface area (Å²) in [4.78, 5) is 24.3. The molecule has 1 saturated heterocycles. The second-order valence-electron chi connectivity index (χ2n) is 5.59. The Morgan fingerprint density at radius 3 is 2.57 bits per heavy atom. The molecule has 0 spiro atoms. The largest absolute Gasteiger partial charge is 0.478 e. The molecule has 118 valence electrons. The molecule has 0 aromatic heterocycles. The Hall–Kier alpha value is -2.17. The van der Waals surface area contributed by atoms with Crippen LogP contribution in [-0.4, -0.2) is 29.9 Å². The number of ketones is 1. The van der Waals surface area contributed by atoms with Crippen LogP contribution in [0, 0.1) is 5.92 Å². The Bertz CT molecular complexity index is 767. The average Bonchev–Trinajstić information content (AvgIpc) is 3.08. The molecule has 0 radical (unpaired) electrons. The summed E-state index contributed by atoms with van der Waals surface area (Å²) in [6.07, 6.45) is 0.800. The lowest BCUT2D eigenvalue weighted by Gasteiger charge is -2.14. The number of carbonyl (C=O) groups is 2. The summed E-state index contributed by atoms with van der Waals surface area (Å²) in [5, 5.41) is 13.0. The van der Waals surface area contributed by atoms with Crippen LogP contribution in [0.25, 0.3) is 11.1 Å². The van der Waals surface area contributed by atoms with E-state index in [1.807, 2.05) is 0 Å². The Balaban J connectivity index is 2.12. The van der Waals surface area contributed by atoms with Crippen molar-refractivity contribution >= 4 is 23.4 Å². The summed E-state index contributed by atoms with van der Waals surface area (Å²) in [7, 11) is 0.